The Hall–Kier alpha value is -2.00. The second-order valence-electron chi connectivity index (χ2n) is 5.83. The Morgan fingerprint density at radius 1 is 1.10 bits per heavy atom. The Labute approximate surface area is 124 Å². The summed E-state index contributed by atoms with van der Waals surface area (Å²) in [4.78, 5) is 0. The molecule has 0 saturated heterocycles. The minimum absolute atomic E-state index is 0.126. The van der Waals surface area contributed by atoms with Crippen LogP contribution in [-0.2, 0) is 6.42 Å². The van der Waals surface area contributed by atoms with Crippen LogP contribution in [0.1, 0.15) is 35.6 Å². The Bertz CT molecular complexity index is 664. The van der Waals surface area contributed by atoms with Gasteiger partial charge in [-0.15, -0.1) is 0 Å². The lowest BCUT2D eigenvalue weighted by atomic mass is 9.97. The molecule has 3 heteroatoms. The molecule has 0 aromatic heterocycles. The van der Waals surface area contributed by atoms with Gasteiger partial charge in [-0.25, -0.2) is 0 Å². The predicted molar refractivity (Wildman–Crippen MR) is 81.8 cm³/mol. The SMILES string of the molecule is NC(c1cccc(OC2CC2)c1)c1ccc2c(c1)CCO2. The van der Waals surface area contributed by atoms with Gasteiger partial charge in [0.05, 0.1) is 18.8 Å². The summed E-state index contributed by atoms with van der Waals surface area (Å²) >= 11 is 0. The lowest BCUT2D eigenvalue weighted by Crippen LogP contribution is -2.12. The highest BCUT2D eigenvalue weighted by molar-refractivity contribution is 5.44. The molecule has 0 amide bonds. The van der Waals surface area contributed by atoms with Crippen LogP contribution in [0.25, 0.3) is 0 Å². The van der Waals surface area contributed by atoms with E-state index >= 15 is 0 Å². The average Bonchev–Trinajstić information content (AvgIpc) is 3.20. The van der Waals surface area contributed by atoms with Crippen LogP contribution in [-0.4, -0.2) is 12.7 Å². The van der Waals surface area contributed by atoms with Gasteiger partial charge in [-0.3, -0.25) is 0 Å². The predicted octanol–water partition coefficient (Wildman–Crippen LogP) is 3.21. The quantitative estimate of drug-likeness (QED) is 0.936. The highest BCUT2D eigenvalue weighted by atomic mass is 16.5. The Kier molecular flexibility index (Phi) is 3.08. The van der Waals surface area contributed by atoms with Gasteiger partial charge in [-0.2, -0.15) is 0 Å². The van der Waals surface area contributed by atoms with Crippen LogP contribution in [0.15, 0.2) is 42.5 Å². The van der Waals surface area contributed by atoms with Gasteiger partial charge in [0.25, 0.3) is 0 Å². The van der Waals surface area contributed by atoms with E-state index in [-0.39, 0.29) is 6.04 Å². The summed E-state index contributed by atoms with van der Waals surface area (Å²) in [6, 6.07) is 14.3. The van der Waals surface area contributed by atoms with Crippen molar-refractivity contribution in [3.8, 4) is 11.5 Å². The van der Waals surface area contributed by atoms with Gasteiger partial charge in [0.2, 0.25) is 0 Å². The van der Waals surface area contributed by atoms with Gasteiger partial charge < -0.3 is 15.2 Å². The normalized spacial score (nSPS) is 18.0. The Balaban J connectivity index is 1.59. The third-order valence-electron chi connectivity index (χ3n) is 4.12. The highest BCUT2D eigenvalue weighted by Gasteiger charge is 2.23. The maximum Gasteiger partial charge on any atom is 0.122 e. The number of ether oxygens (including phenoxy) is 2. The number of nitrogens with two attached hydrogens (primary N) is 1. The van der Waals surface area contributed by atoms with Gasteiger partial charge in [-0.05, 0) is 47.7 Å². The lowest BCUT2D eigenvalue weighted by Gasteiger charge is -2.15. The molecule has 108 valence electrons. The zero-order valence-corrected chi connectivity index (χ0v) is 11.9. The van der Waals surface area contributed by atoms with E-state index in [1.807, 2.05) is 18.2 Å². The number of benzene rings is 2. The Morgan fingerprint density at radius 3 is 2.81 bits per heavy atom. The van der Waals surface area contributed by atoms with Crippen molar-refractivity contribution in [2.24, 2.45) is 5.73 Å². The van der Waals surface area contributed by atoms with Crippen LogP contribution in [0, 0.1) is 0 Å². The first-order chi connectivity index (χ1) is 10.3. The molecule has 2 aromatic carbocycles. The van der Waals surface area contributed by atoms with Crippen molar-refractivity contribution in [2.75, 3.05) is 6.61 Å². The average molecular weight is 281 g/mol. The molecule has 2 aromatic rings. The Morgan fingerprint density at radius 2 is 1.95 bits per heavy atom. The lowest BCUT2D eigenvalue weighted by molar-refractivity contribution is 0.303. The molecule has 0 radical (unpaired) electrons. The van der Waals surface area contributed by atoms with Crippen molar-refractivity contribution in [1.29, 1.82) is 0 Å². The van der Waals surface area contributed by atoms with Crippen LogP contribution < -0.4 is 15.2 Å². The summed E-state index contributed by atoms with van der Waals surface area (Å²) in [5.41, 5.74) is 9.90. The minimum Gasteiger partial charge on any atom is -0.493 e. The molecule has 0 spiro atoms. The summed E-state index contributed by atoms with van der Waals surface area (Å²) in [6.45, 7) is 0.777. The molecule has 1 saturated carbocycles. The molecule has 1 fully saturated rings. The van der Waals surface area contributed by atoms with Crippen molar-refractivity contribution >= 4 is 0 Å². The summed E-state index contributed by atoms with van der Waals surface area (Å²) in [5.74, 6) is 1.92. The summed E-state index contributed by atoms with van der Waals surface area (Å²) in [5, 5.41) is 0. The monoisotopic (exact) mass is 281 g/mol. The van der Waals surface area contributed by atoms with Crippen LogP contribution in [0.3, 0.4) is 0 Å². The first-order valence-electron chi connectivity index (χ1n) is 7.57. The van der Waals surface area contributed by atoms with Crippen molar-refractivity contribution in [3.05, 3.63) is 59.2 Å². The van der Waals surface area contributed by atoms with Crippen LogP contribution in [0.5, 0.6) is 11.5 Å². The van der Waals surface area contributed by atoms with E-state index in [2.05, 4.69) is 24.3 Å². The number of hydrogen-bond donors (Lipinski definition) is 1. The molecule has 2 aliphatic rings. The molecule has 1 aliphatic carbocycles. The maximum absolute atomic E-state index is 6.43. The van der Waals surface area contributed by atoms with E-state index in [9.17, 15) is 0 Å². The molecule has 1 aliphatic heterocycles. The fourth-order valence-corrected chi connectivity index (χ4v) is 2.75. The van der Waals surface area contributed by atoms with Crippen molar-refractivity contribution < 1.29 is 9.47 Å². The maximum atomic E-state index is 6.43. The molecule has 4 rings (SSSR count). The third-order valence-corrected chi connectivity index (χ3v) is 4.12. The first-order valence-corrected chi connectivity index (χ1v) is 7.57. The van der Waals surface area contributed by atoms with E-state index in [1.54, 1.807) is 0 Å². The molecule has 0 bridgehead atoms. The van der Waals surface area contributed by atoms with E-state index in [4.69, 9.17) is 15.2 Å². The zero-order valence-electron chi connectivity index (χ0n) is 11.9. The van der Waals surface area contributed by atoms with Gasteiger partial charge in [0.1, 0.15) is 11.5 Å². The van der Waals surface area contributed by atoms with Crippen LogP contribution >= 0.6 is 0 Å². The fourth-order valence-electron chi connectivity index (χ4n) is 2.75. The van der Waals surface area contributed by atoms with E-state index in [0.717, 1.165) is 35.7 Å². The third kappa shape index (κ3) is 2.61. The van der Waals surface area contributed by atoms with Gasteiger partial charge in [0, 0.05) is 6.42 Å². The first kappa shape index (κ1) is 12.7. The number of hydrogen-bond acceptors (Lipinski definition) is 3. The van der Waals surface area contributed by atoms with E-state index < -0.39 is 0 Å². The van der Waals surface area contributed by atoms with E-state index in [0.29, 0.717) is 6.10 Å². The van der Waals surface area contributed by atoms with Crippen LogP contribution in [0.4, 0.5) is 0 Å². The summed E-state index contributed by atoms with van der Waals surface area (Å²) in [7, 11) is 0. The fraction of sp³-hybridized carbons (Fsp3) is 0.333. The van der Waals surface area contributed by atoms with Gasteiger partial charge in [-0.1, -0.05) is 24.3 Å². The van der Waals surface area contributed by atoms with Crippen molar-refractivity contribution in [1.82, 2.24) is 0 Å². The highest BCUT2D eigenvalue weighted by Crippen LogP contribution is 2.32. The standard InChI is InChI=1S/C18H19NO2/c19-18(14-4-7-17-12(10-14)8-9-20-17)13-2-1-3-16(11-13)21-15-5-6-15/h1-4,7,10-11,15,18H,5-6,8-9,19H2. The molecule has 2 N–H and O–H groups in total. The molecular formula is C18H19NO2. The van der Waals surface area contributed by atoms with E-state index in [1.165, 1.54) is 18.4 Å². The van der Waals surface area contributed by atoms with Crippen LogP contribution in [0.2, 0.25) is 0 Å². The zero-order chi connectivity index (χ0) is 14.2. The topological polar surface area (TPSA) is 44.5 Å². The largest absolute Gasteiger partial charge is 0.493 e. The number of rotatable bonds is 4. The molecule has 1 heterocycles. The minimum atomic E-state index is -0.126. The molecule has 3 nitrogen and oxygen atoms in total. The second-order valence-corrected chi connectivity index (χ2v) is 5.83. The van der Waals surface area contributed by atoms with Gasteiger partial charge >= 0.3 is 0 Å². The molecular weight excluding hydrogens is 262 g/mol. The molecule has 1 unspecified atom stereocenters. The van der Waals surface area contributed by atoms with Crippen molar-refractivity contribution in [3.63, 3.8) is 0 Å². The van der Waals surface area contributed by atoms with Gasteiger partial charge in [0.15, 0.2) is 0 Å². The molecule has 21 heavy (non-hydrogen) atoms. The molecule has 1 atom stereocenters. The smallest absolute Gasteiger partial charge is 0.122 e. The second kappa shape index (κ2) is 5.08. The number of fused-ring (bicyclic) bond motifs is 1. The van der Waals surface area contributed by atoms with Crippen molar-refractivity contribution in [2.45, 2.75) is 31.4 Å². The summed E-state index contributed by atoms with van der Waals surface area (Å²) < 4.78 is 11.4. The summed E-state index contributed by atoms with van der Waals surface area (Å²) in [6.07, 6.45) is 3.72.